The number of anilines is 1. The van der Waals surface area contributed by atoms with Gasteiger partial charge in [0.1, 0.15) is 4.90 Å². The van der Waals surface area contributed by atoms with Gasteiger partial charge < -0.3 is 10.8 Å². The molecule has 4 N–H and O–H groups in total. The van der Waals surface area contributed by atoms with Crippen LogP contribution in [0.5, 0.6) is 0 Å². The number of sulfonamides is 1. The van der Waals surface area contributed by atoms with E-state index in [9.17, 15) is 13.5 Å². The molecule has 6 heteroatoms. The summed E-state index contributed by atoms with van der Waals surface area (Å²) < 4.78 is 26.9. The minimum absolute atomic E-state index is 0.0151. The van der Waals surface area contributed by atoms with Crippen LogP contribution in [0.15, 0.2) is 17.0 Å². The van der Waals surface area contributed by atoms with Crippen LogP contribution in [0.4, 0.5) is 5.69 Å². The van der Waals surface area contributed by atoms with Gasteiger partial charge in [-0.15, -0.1) is 0 Å². The van der Waals surface area contributed by atoms with Crippen molar-refractivity contribution in [1.82, 2.24) is 4.72 Å². The molecule has 1 aromatic carbocycles. The summed E-state index contributed by atoms with van der Waals surface area (Å²) in [6.07, 6.45) is -0.721. The van der Waals surface area contributed by atoms with Gasteiger partial charge in [0.25, 0.3) is 0 Å². The number of nitrogens with two attached hydrogens (primary N) is 1. The molecule has 5 nitrogen and oxygen atoms in total. The van der Waals surface area contributed by atoms with Gasteiger partial charge in [-0.25, -0.2) is 13.1 Å². The van der Waals surface area contributed by atoms with Crippen molar-refractivity contribution in [2.45, 2.75) is 38.7 Å². The van der Waals surface area contributed by atoms with Crippen LogP contribution in [-0.2, 0) is 10.0 Å². The molecule has 0 bridgehead atoms. The number of benzene rings is 1. The molecule has 0 aliphatic rings. The molecule has 1 atom stereocenters. The van der Waals surface area contributed by atoms with Crippen molar-refractivity contribution in [1.29, 1.82) is 0 Å². The summed E-state index contributed by atoms with van der Waals surface area (Å²) in [5.41, 5.74) is 7.42. The molecule has 108 valence electrons. The van der Waals surface area contributed by atoms with E-state index in [4.69, 9.17) is 5.73 Å². The number of nitrogen functional groups attached to an aromatic ring is 1. The zero-order valence-corrected chi connectivity index (χ0v) is 12.6. The van der Waals surface area contributed by atoms with Gasteiger partial charge in [-0.3, -0.25) is 0 Å². The molecule has 1 rings (SSSR count). The summed E-state index contributed by atoms with van der Waals surface area (Å²) in [6.45, 7) is 7.09. The summed E-state index contributed by atoms with van der Waals surface area (Å²) in [4.78, 5) is 0.100. The lowest BCUT2D eigenvalue weighted by Crippen LogP contribution is -2.35. The van der Waals surface area contributed by atoms with Gasteiger partial charge in [-0.1, -0.05) is 26.0 Å². The summed E-state index contributed by atoms with van der Waals surface area (Å²) in [7, 11) is -3.71. The minimum atomic E-state index is -3.71. The molecule has 1 aromatic rings. The van der Waals surface area contributed by atoms with Crippen molar-refractivity contribution in [3.05, 3.63) is 23.3 Å². The number of aryl methyl sites for hydroxylation is 2. The first-order valence-corrected chi connectivity index (χ1v) is 7.68. The molecular weight excluding hydrogens is 264 g/mol. The zero-order chi connectivity index (χ0) is 14.8. The average molecular weight is 286 g/mol. The highest BCUT2D eigenvalue weighted by Crippen LogP contribution is 2.25. The highest BCUT2D eigenvalue weighted by molar-refractivity contribution is 7.89. The molecule has 0 amide bonds. The molecule has 0 saturated carbocycles. The van der Waals surface area contributed by atoms with Crippen LogP contribution < -0.4 is 10.5 Å². The SMILES string of the molecule is Cc1ccc(C)c(S(=O)(=O)NCC(O)C(C)C)c1N. The summed E-state index contributed by atoms with van der Waals surface area (Å²) in [6, 6.07) is 3.51. The smallest absolute Gasteiger partial charge is 0.242 e. The highest BCUT2D eigenvalue weighted by atomic mass is 32.2. The molecule has 1 unspecified atom stereocenters. The number of nitrogens with one attached hydrogen (secondary N) is 1. The molecule has 0 spiro atoms. The van der Waals surface area contributed by atoms with Gasteiger partial charge in [-0.2, -0.15) is 0 Å². The van der Waals surface area contributed by atoms with Gasteiger partial charge in [0.05, 0.1) is 11.8 Å². The third kappa shape index (κ3) is 3.68. The number of rotatable bonds is 5. The van der Waals surface area contributed by atoms with Gasteiger partial charge >= 0.3 is 0 Å². The third-order valence-electron chi connectivity index (χ3n) is 3.13. The van der Waals surface area contributed by atoms with E-state index in [0.29, 0.717) is 5.56 Å². The largest absolute Gasteiger partial charge is 0.397 e. The van der Waals surface area contributed by atoms with E-state index in [1.165, 1.54) is 0 Å². The Labute approximate surface area is 114 Å². The predicted molar refractivity (Wildman–Crippen MR) is 76.4 cm³/mol. The van der Waals surface area contributed by atoms with Crippen LogP contribution in [0.1, 0.15) is 25.0 Å². The maximum absolute atomic E-state index is 12.3. The molecule has 19 heavy (non-hydrogen) atoms. The summed E-state index contributed by atoms with van der Waals surface area (Å²) >= 11 is 0. The van der Waals surface area contributed by atoms with E-state index >= 15 is 0 Å². The van der Waals surface area contributed by atoms with E-state index < -0.39 is 16.1 Å². The van der Waals surface area contributed by atoms with Crippen molar-refractivity contribution in [2.24, 2.45) is 5.92 Å². The van der Waals surface area contributed by atoms with Crippen molar-refractivity contribution < 1.29 is 13.5 Å². The van der Waals surface area contributed by atoms with Crippen LogP contribution in [-0.4, -0.2) is 26.2 Å². The molecule has 0 heterocycles. The van der Waals surface area contributed by atoms with Crippen LogP contribution in [0.3, 0.4) is 0 Å². The summed E-state index contributed by atoms with van der Waals surface area (Å²) in [5, 5.41) is 9.67. The molecule has 0 fully saturated rings. The van der Waals surface area contributed by atoms with Gasteiger partial charge in [0.15, 0.2) is 0 Å². The standard InChI is InChI=1S/C13H22N2O3S/c1-8(2)11(16)7-15-19(17,18)13-10(4)6-5-9(3)12(13)14/h5-6,8,11,15-16H,7,14H2,1-4H3. The lowest BCUT2D eigenvalue weighted by atomic mass is 10.1. The zero-order valence-electron chi connectivity index (χ0n) is 11.8. The lowest BCUT2D eigenvalue weighted by molar-refractivity contribution is 0.129. The highest BCUT2D eigenvalue weighted by Gasteiger charge is 2.22. The quantitative estimate of drug-likeness (QED) is 0.709. The van der Waals surface area contributed by atoms with Crippen molar-refractivity contribution in [3.8, 4) is 0 Å². The fourth-order valence-corrected chi connectivity index (χ4v) is 3.14. The maximum atomic E-state index is 12.3. The summed E-state index contributed by atoms with van der Waals surface area (Å²) in [5.74, 6) is -0.0151. The van der Waals surface area contributed by atoms with Crippen LogP contribution >= 0.6 is 0 Å². The van der Waals surface area contributed by atoms with Crippen molar-refractivity contribution in [2.75, 3.05) is 12.3 Å². The van der Waals surface area contributed by atoms with E-state index in [-0.39, 0.29) is 23.0 Å². The third-order valence-corrected chi connectivity index (χ3v) is 4.76. The van der Waals surface area contributed by atoms with E-state index in [1.807, 2.05) is 13.8 Å². The topological polar surface area (TPSA) is 92.4 Å². The average Bonchev–Trinajstić information content (AvgIpc) is 2.31. The second-order valence-corrected chi connectivity index (χ2v) is 6.81. The lowest BCUT2D eigenvalue weighted by Gasteiger charge is -2.17. The van der Waals surface area contributed by atoms with Crippen LogP contribution in [0.25, 0.3) is 0 Å². The Morgan fingerprint density at radius 3 is 2.32 bits per heavy atom. The Morgan fingerprint density at radius 2 is 1.79 bits per heavy atom. The monoisotopic (exact) mass is 286 g/mol. The Morgan fingerprint density at radius 1 is 1.26 bits per heavy atom. The van der Waals surface area contributed by atoms with E-state index in [1.54, 1.807) is 26.0 Å². The van der Waals surface area contributed by atoms with Crippen LogP contribution in [0, 0.1) is 19.8 Å². The van der Waals surface area contributed by atoms with E-state index in [2.05, 4.69) is 4.72 Å². The molecule has 0 radical (unpaired) electrons. The Kier molecular flexibility index (Phi) is 4.95. The van der Waals surface area contributed by atoms with E-state index in [0.717, 1.165) is 5.56 Å². The molecular formula is C13H22N2O3S. The number of aliphatic hydroxyl groups is 1. The first-order valence-electron chi connectivity index (χ1n) is 6.20. The fourth-order valence-electron chi connectivity index (χ4n) is 1.67. The number of hydrogen-bond acceptors (Lipinski definition) is 4. The van der Waals surface area contributed by atoms with Gasteiger partial charge in [0, 0.05) is 6.54 Å². The van der Waals surface area contributed by atoms with Gasteiger partial charge in [-0.05, 0) is 30.9 Å². The van der Waals surface area contributed by atoms with Crippen molar-refractivity contribution in [3.63, 3.8) is 0 Å². The predicted octanol–water partition coefficient (Wildman–Crippen LogP) is 1.18. The molecule has 0 aliphatic heterocycles. The second-order valence-electron chi connectivity index (χ2n) is 5.11. The number of aliphatic hydroxyl groups excluding tert-OH is 1. The first kappa shape index (κ1) is 15.9. The van der Waals surface area contributed by atoms with Crippen molar-refractivity contribution >= 4 is 15.7 Å². The molecule has 0 aliphatic carbocycles. The maximum Gasteiger partial charge on any atom is 0.242 e. The Balaban J connectivity index is 3.05. The Hall–Kier alpha value is -1.11. The first-order chi connectivity index (χ1) is 8.66. The Bertz CT molecular complexity index is 553. The fraction of sp³-hybridized carbons (Fsp3) is 0.538. The molecule has 0 saturated heterocycles. The normalized spacial score (nSPS) is 13.8. The number of hydrogen-bond donors (Lipinski definition) is 3. The van der Waals surface area contributed by atoms with Gasteiger partial charge in [0.2, 0.25) is 10.0 Å². The molecule has 0 aromatic heterocycles. The van der Waals surface area contributed by atoms with Crippen LogP contribution in [0.2, 0.25) is 0 Å². The second kappa shape index (κ2) is 5.90. The minimum Gasteiger partial charge on any atom is -0.397 e.